The molecule has 1 aliphatic heterocycles. The predicted octanol–water partition coefficient (Wildman–Crippen LogP) is 3.04. The van der Waals surface area contributed by atoms with Crippen LogP contribution in [0.15, 0.2) is 22.6 Å². The molecule has 2 N–H and O–H groups in total. The summed E-state index contributed by atoms with van der Waals surface area (Å²) in [6.45, 7) is 4.35. The maximum atomic E-state index is 5.79. The van der Waals surface area contributed by atoms with Gasteiger partial charge in [0.05, 0.1) is 0 Å². The van der Waals surface area contributed by atoms with Crippen LogP contribution < -0.4 is 10.6 Å². The van der Waals surface area contributed by atoms with Crippen LogP contribution in [-0.4, -0.2) is 18.1 Å². The standard InChI is InChI=1S/C14H19N3O/c1-2-10-5-7-17(8-6-10)14-16-12-4-3-11(15)9-13(12)18-14/h3-4,9-10H,2,5-8,15H2,1H3. The lowest BCUT2D eigenvalue weighted by Gasteiger charge is -2.30. The van der Waals surface area contributed by atoms with Crippen LogP contribution in [0.2, 0.25) is 0 Å². The molecule has 18 heavy (non-hydrogen) atoms. The Labute approximate surface area is 107 Å². The van der Waals surface area contributed by atoms with Gasteiger partial charge in [0.15, 0.2) is 5.58 Å². The number of nitrogens with two attached hydrogens (primary N) is 1. The summed E-state index contributed by atoms with van der Waals surface area (Å²) < 4.78 is 5.79. The predicted molar refractivity (Wildman–Crippen MR) is 73.6 cm³/mol. The zero-order valence-corrected chi connectivity index (χ0v) is 10.7. The van der Waals surface area contributed by atoms with Gasteiger partial charge in [0, 0.05) is 24.8 Å². The molecule has 0 unspecified atom stereocenters. The number of oxazole rings is 1. The molecule has 3 rings (SSSR count). The van der Waals surface area contributed by atoms with Gasteiger partial charge < -0.3 is 15.1 Å². The van der Waals surface area contributed by atoms with Gasteiger partial charge in [0.1, 0.15) is 5.52 Å². The lowest BCUT2D eigenvalue weighted by Crippen LogP contribution is -2.33. The summed E-state index contributed by atoms with van der Waals surface area (Å²) in [7, 11) is 0. The van der Waals surface area contributed by atoms with Gasteiger partial charge in [-0.25, -0.2) is 0 Å². The van der Waals surface area contributed by atoms with E-state index >= 15 is 0 Å². The zero-order valence-electron chi connectivity index (χ0n) is 10.7. The first-order valence-electron chi connectivity index (χ1n) is 6.67. The Morgan fingerprint density at radius 1 is 1.39 bits per heavy atom. The summed E-state index contributed by atoms with van der Waals surface area (Å²) in [4.78, 5) is 6.77. The number of nitrogen functional groups attached to an aromatic ring is 1. The van der Waals surface area contributed by atoms with Crippen molar-refractivity contribution in [2.75, 3.05) is 23.7 Å². The average molecular weight is 245 g/mol. The topological polar surface area (TPSA) is 55.3 Å². The van der Waals surface area contributed by atoms with E-state index in [1.165, 1.54) is 19.3 Å². The van der Waals surface area contributed by atoms with E-state index in [0.29, 0.717) is 0 Å². The molecule has 2 aromatic rings. The third-order valence-corrected chi connectivity index (χ3v) is 3.86. The highest BCUT2D eigenvalue weighted by molar-refractivity contribution is 5.78. The van der Waals surface area contributed by atoms with Crippen LogP contribution in [0.1, 0.15) is 26.2 Å². The SMILES string of the molecule is CCC1CCN(c2nc3ccc(N)cc3o2)CC1. The lowest BCUT2D eigenvalue weighted by atomic mass is 9.95. The van der Waals surface area contributed by atoms with E-state index in [0.717, 1.165) is 41.8 Å². The first kappa shape index (κ1) is 11.4. The minimum absolute atomic E-state index is 0.717. The van der Waals surface area contributed by atoms with Gasteiger partial charge in [-0.15, -0.1) is 0 Å². The molecule has 0 saturated carbocycles. The summed E-state index contributed by atoms with van der Waals surface area (Å²) in [6, 6.07) is 6.35. The van der Waals surface area contributed by atoms with Crippen LogP contribution in [0.25, 0.3) is 11.1 Å². The second-order valence-corrected chi connectivity index (χ2v) is 5.06. The number of rotatable bonds is 2. The molecule has 4 heteroatoms. The van der Waals surface area contributed by atoms with Crippen LogP contribution in [-0.2, 0) is 0 Å². The van der Waals surface area contributed by atoms with Crippen molar-refractivity contribution in [1.29, 1.82) is 0 Å². The number of aromatic nitrogens is 1. The van der Waals surface area contributed by atoms with E-state index in [1.807, 2.05) is 18.2 Å². The number of hydrogen-bond acceptors (Lipinski definition) is 4. The summed E-state index contributed by atoms with van der Waals surface area (Å²) >= 11 is 0. The maximum absolute atomic E-state index is 5.79. The van der Waals surface area contributed by atoms with Gasteiger partial charge in [-0.1, -0.05) is 13.3 Å². The third-order valence-electron chi connectivity index (χ3n) is 3.86. The molecule has 2 heterocycles. The molecule has 4 nitrogen and oxygen atoms in total. The number of hydrogen-bond donors (Lipinski definition) is 1. The van der Waals surface area contributed by atoms with E-state index in [9.17, 15) is 0 Å². The summed E-state index contributed by atoms with van der Waals surface area (Å²) in [5, 5.41) is 0. The van der Waals surface area contributed by atoms with Crippen molar-refractivity contribution in [3.05, 3.63) is 18.2 Å². The molecule has 1 saturated heterocycles. The quantitative estimate of drug-likeness (QED) is 0.826. The van der Waals surface area contributed by atoms with E-state index < -0.39 is 0 Å². The molecule has 0 aliphatic carbocycles. The Morgan fingerprint density at radius 3 is 2.89 bits per heavy atom. The van der Waals surface area contributed by atoms with E-state index in [-0.39, 0.29) is 0 Å². The van der Waals surface area contributed by atoms with E-state index in [2.05, 4.69) is 16.8 Å². The normalized spacial score (nSPS) is 17.5. The maximum Gasteiger partial charge on any atom is 0.298 e. The monoisotopic (exact) mass is 245 g/mol. The largest absolute Gasteiger partial charge is 0.423 e. The van der Waals surface area contributed by atoms with E-state index in [4.69, 9.17) is 10.2 Å². The van der Waals surface area contributed by atoms with Crippen molar-refractivity contribution in [1.82, 2.24) is 4.98 Å². The van der Waals surface area contributed by atoms with Crippen molar-refractivity contribution in [3.8, 4) is 0 Å². The number of piperidine rings is 1. The molecule has 1 aliphatic rings. The Bertz CT molecular complexity index is 541. The van der Waals surface area contributed by atoms with Gasteiger partial charge >= 0.3 is 0 Å². The molecule has 0 spiro atoms. The molecule has 1 fully saturated rings. The number of nitrogens with zero attached hydrogens (tertiary/aromatic N) is 2. The smallest absolute Gasteiger partial charge is 0.298 e. The van der Waals surface area contributed by atoms with Crippen molar-refractivity contribution in [3.63, 3.8) is 0 Å². The summed E-state index contributed by atoms with van der Waals surface area (Å²) in [6.07, 6.45) is 3.74. The van der Waals surface area contributed by atoms with Gasteiger partial charge in [0.25, 0.3) is 6.01 Å². The van der Waals surface area contributed by atoms with Crippen molar-refractivity contribution < 1.29 is 4.42 Å². The molecule has 0 amide bonds. The molecule has 1 aromatic carbocycles. The molecular weight excluding hydrogens is 226 g/mol. The average Bonchev–Trinajstić information content (AvgIpc) is 2.81. The molecule has 96 valence electrons. The third kappa shape index (κ3) is 2.03. The molecule has 1 aromatic heterocycles. The fourth-order valence-electron chi connectivity index (χ4n) is 2.60. The Balaban J connectivity index is 1.82. The minimum Gasteiger partial charge on any atom is -0.423 e. The molecular formula is C14H19N3O. The summed E-state index contributed by atoms with van der Waals surface area (Å²) in [5.41, 5.74) is 8.13. The van der Waals surface area contributed by atoms with Gasteiger partial charge in [-0.05, 0) is 30.9 Å². The van der Waals surface area contributed by atoms with Crippen LogP contribution in [0.4, 0.5) is 11.7 Å². The highest BCUT2D eigenvalue weighted by Crippen LogP contribution is 2.28. The van der Waals surface area contributed by atoms with Gasteiger partial charge in [-0.2, -0.15) is 4.98 Å². The Hall–Kier alpha value is -1.71. The number of benzene rings is 1. The Morgan fingerprint density at radius 2 is 2.17 bits per heavy atom. The number of fused-ring (bicyclic) bond motifs is 1. The highest BCUT2D eigenvalue weighted by Gasteiger charge is 2.21. The summed E-state index contributed by atoms with van der Waals surface area (Å²) in [5.74, 6) is 0.862. The van der Waals surface area contributed by atoms with Crippen molar-refractivity contribution in [2.24, 2.45) is 5.92 Å². The molecule has 0 radical (unpaired) electrons. The minimum atomic E-state index is 0.717. The fourth-order valence-corrected chi connectivity index (χ4v) is 2.60. The van der Waals surface area contributed by atoms with Crippen LogP contribution in [0, 0.1) is 5.92 Å². The fraction of sp³-hybridized carbons (Fsp3) is 0.500. The van der Waals surface area contributed by atoms with Crippen molar-refractivity contribution in [2.45, 2.75) is 26.2 Å². The van der Waals surface area contributed by atoms with Gasteiger partial charge in [0.2, 0.25) is 0 Å². The second-order valence-electron chi connectivity index (χ2n) is 5.06. The number of anilines is 2. The Kier molecular flexibility index (Phi) is 2.86. The molecule has 0 atom stereocenters. The first-order valence-corrected chi connectivity index (χ1v) is 6.67. The zero-order chi connectivity index (χ0) is 12.5. The second kappa shape index (κ2) is 4.52. The highest BCUT2D eigenvalue weighted by atomic mass is 16.4. The van der Waals surface area contributed by atoms with Gasteiger partial charge in [-0.3, -0.25) is 0 Å². The first-order chi connectivity index (χ1) is 8.76. The lowest BCUT2D eigenvalue weighted by molar-refractivity contribution is 0.381. The van der Waals surface area contributed by atoms with Crippen molar-refractivity contribution >= 4 is 22.8 Å². The molecule has 0 bridgehead atoms. The van der Waals surface area contributed by atoms with Crippen LogP contribution in [0.3, 0.4) is 0 Å². The van der Waals surface area contributed by atoms with Crippen LogP contribution >= 0.6 is 0 Å². The van der Waals surface area contributed by atoms with E-state index in [1.54, 1.807) is 0 Å². The van der Waals surface area contributed by atoms with Crippen LogP contribution in [0.5, 0.6) is 0 Å².